The Hall–Kier alpha value is -3.85. The predicted molar refractivity (Wildman–Crippen MR) is 150 cm³/mol. The summed E-state index contributed by atoms with van der Waals surface area (Å²) in [5.74, 6) is 6.14. The number of alkyl halides is 1. The fourth-order valence-corrected chi connectivity index (χ4v) is 4.59. The zero-order valence-corrected chi connectivity index (χ0v) is 22.6. The molecule has 0 radical (unpaired) electrons. The number of carboxylic acid groups (broad SMARTS) is 1. The first-order chi connectivity index (χ1) is 18.6. The predicted octanol–water partition coefficient (Wildman–Crippen LogP) is 5.54. The van der Waals surface area contributed by atoms with E-state index in [0.29, 0.717) is 31.3 Å². The molecule has 0 atom stereocenters. The summed E-state index contributed by atoms with van der Waals surface area (Å²) in [4.78, 5) is 11.1. The molecule has 39 heavy (non-hydrogen) atoms. The fourth-order valence-electron chi connectivity index (χ4n) is 4.59. The first-order valence-electron chi connectivity index (χ1n) is 13.3. The van der Waals surface area contributed by atoms with Crippen LogP contribution in [0.15, 0.2) is 72.8 Å². The van der Waals surface area contributed by atoms with E-state index in [2.05, 4.69) is 5.10 Å². The number of halogens is 1. The molecular formula is C30H38FN5O3. The van der Waals surface area contributed by atoms with Crippen molar-refractivity contribution >= 4 is 5.97 Å². The van der Waals surface area contributed by atoms with Crippen LogP contribution in [-0.2, 0) is 0 Å². The topological polar surface area (TPSA) is 120 Å². The minimum absolute atomic E-state index is 0.145. The van der Waals surface area contributed by atoms with E-state index < -0.39 is 11.6 Å². The first kappa shape index (κ1) is 28.2. The Morgan fingerprint density at radius 3 is 2.46 bits per heavy atom. The highest BCUT2D eigenvalue weighted by atomic mass is 19.1. The maximum Gasteiger partial charge on any atom is 0.338 e. The summed E-state index contributed by atoms with van der Waals surface area (Å²) in [6, 6.07) is 15.6. The number of nitrogens with two attached hydrogens (primary N) is 2. The zero-order valence-electron chi connectivity index (χ0n) is 22.6. The number of carboxylic acids is 1. The molecule has 2 saturated carbocycles. The number of carbonyl (C=O) groups is 1. The molecule has 2 aliphatic carbocycles. The summed E-state index contributed by atoms with van der Waals surface area (Å²) in [5.41, 5.74) is 8.42. The van der Waals surface area contributed by atoms with Crippen LogP contribution in [0.1, 0.15) is 55.8 Å². The van der Waals surface area contributed by atoms with Crippen molar-refractivity contribution < 1.29 is 19.0 Å². The normalized spacial score (nSPS) is 21.0. The molecule has 8 nitrogen and oxygen atoms in total. The van der Waals surface area contributed by atoms with E-state index in [-0.39, 0.29) is 5.56 Å². The van der Waals surface area contributed by atoms with Crippen molar-refractivity contribution in [3.05, 3.63) is 78.4 Å². The summed E-state index contributed by atoms with van der Waals surface area (Å²) >= 11 is 0. The number of hydrogen-bond donors (Lipinski definition) is 3. The maximum absolute atomic E-state index is 14.0. The number of hydrazine groups is 1. The third-order valence-electron chi connectivity index (χ3n) is 7.14. The van der Waals surface area contributed by atoms with Gasteiger partial charge in [0.15, 0.2) is 0 Å². The van der Waals surface area contributed by atoms with Crippen molar-refractivity contribution in [3.8, 4) is 22.6 Å². The fraction of sp³-hybridized carbons (Fsp3) is 0.400. The third-order valence-corrected chi connectivity index (χ3v) is 7.14. The van der Waals surface area contributed by atoms with Gasteiger partial charge in [0.05, 0.1) is 24.1 Å². The number of nitrogens with zero attached hydrogens (tertiary/aromatic N) is 3. The lowest BCUT2D eigenvalue weighted by atomic mass is 9.81. The van der Waals surface area contributed by atoms with Crippen LogP contribution < -0.4 is 16.3 Å². The SMILES string of the molecule is CC1(F)CCC(COc2cccc(-c3cccc(-n4cc(C(=O)O)cn4)c3)c2)CC1.CN(N)/C=C(\N)C1CC1. The second-order valence-electron chi connectivity index (χ2n) is 10.8. The van der Waals surface area contributed by atoms with E-state index in [1.54, 1.807) is 24.9 Å². The Balaban J connectivity index is 0.000000333. The lowest BCUT2D eigenvalue weighted by molar-refractivity contribution is 0.0696. The quantitative estimate of drug-likeness (QED) is 0.256. The molecule has 2 aromatic carbocycles. The van der Waals surface area contributed by atoms with Gasteiger partial charge in [0.2, 0.25) is 0 Å². The molecule has 1 heterocycles. The Labute approximate surface area is 229 Å². The average Bonchev–Trinajstić information content (AvgIpc) is 3.64. The second kappa shape index (κ2) is 12.3. The summed E-state index contributed by atoms with van der Waals surface area (Å²) in [7, 11) is 1.77. The molecular weight excluding hydrogens is 497 g/mol. The number of hydrogen-bond acceptors (Lipinski definition) is 6. The Morgan fingerprint density at radius 1 is 1.18 bits per heavy atom. The van der Waals surface area contributed by atoms with Crippen LogP contribution in [0.25, 0.3) is 16.8 Å². The van der Waals surface area contributed by atoms with Crippen LogP contribution in [0, 0.1) is 11.8 Å². The summed E-state index contributed by atoms with van der Waals surface area (Å²) < 4.78 is 21.5. The molecule has 208 valence electrons. The molecule has 0 unspecified atom stereocenters. The van der Waals surface area contributed by atoms with Gasteiger partial charge in [-0.05, 0) is 86.8 Å². The second-order valence-corrected chi connectivity index (χ2v) is 10.8. The van der Waals surface area contributed by atoms with E-state index in [1.165, 1.54) is 30.2 Å². The number of allylic oxidation sites excluding steroid dienone is 1. The van der Waals surface area contributed by atoms with Crippen LogP contribution in [0.4, 0.5) is 4.39 Å². The maximum atomic E-state index is 14.0. The molecule has 1 aromatic heterocycles. The van der Waals surface area contributed by atoms with Crippen molar-refractivity contribution in [1.82, 2.24) is 14.8 Å². The Morgan fingerprint density at radius 2 is 1.85 bits per heavy atom. The van der Waals surface area contributed by atoms with Crippen LogP contribution in [0.5, 0.6) is 5.75 Å². The standard InChI is InChI=1S/C24H25FN2O3.C6H13N3/c1-24(25)10-8-17(9-11-24)16-30-22-7-3-5-19(13-22)18-4-2-6-21(12-18)27-15-20(14-26-27)23(28)29;1-9(8)4-6(7)5-2-3-5/h2-7,12-15,17H,8-11,16H2,1H3,(H,28,29);4-5H,2-3,7-8H2,1H3/b;6-4-. The van der Waals surface area contributed by atoms with Gasteiger partial charge in [-0.1, -0.05) is 24.3 Å². The lowest BCUT2D eigenvalue weighted by Crippen LogP contribution is -2.28. The first-order valence-corrected chi connectivity index (χ1v) is 13.3. The van der Waals surface area contributed by atoms with Gasteiger partial charge >= 0.3 is 5.97 Å². The molecule has 0 aliphatic heterocycles. The van der Waals surface area contributed by atoms with Crippen molar-refractivity contribution in [2.45, 2.75) is 51.1 Å². The van der Waals surface area contributed by atoms with Crippen LogP contribution in [0.3, 0.4) is 0 Å². The van der Waals surface area contributed by atoms with Crippen LogP contribution >= 0.6 is 0 Å². The number of benzene rings is 2. The molecule has 0 spiro atoms. The summed E-state index contributed by atoms with van der Waals surface area (Å²) in [5, 5.41) is 14.7. The van der Waals surface area contributed by atoms with Gasteiger partial charge in [0, 0.05) is 31.1 Å². The molecule has 0 amide bonds. The molecule has 5 rings (SSSR count). The largest absolute Gasteiger partial charge is 0.493 e. The third kappa shape index (κ3) is 8.32. The Bertz CT molecular complexity index is 1290. The van der Waals surface area contributed by atoms with E-state index in [9.17, 15) is 9.18 Å². The summed E-state index contributed by atoms with van der Waals surface area (Å²) in [6.45, 7) is 2.29. The molecule has 0 saturated heterocycles. The molecule has 9 heteroatoms. The van der Waals surface area contributed by atoms with Gasteiger partial charge in [-0.15, -0.1) is 0 Å². The van der Waals surface area contributed by atoms with Gasteiger partial charge in [-0.3, -0.25) is 0 Å². The smallest absolute Gasteiger partial charge is 0.338 e. The van der Waals surface area contributed by atoms with Gasteiger partial charge in [0.1, 0.15) is 11.4 Å². The lowest BCUT2D eigenvalue weighted by Gasteiger charge is -2.30. The number of aromatic carboxylic acids is 1. The number of rotatable bonds is 8. The summed E-state index contributed by atoms with van der Waals surface area (Å²) in [6.07, 6.45) is 9.99. The van der Waals surface area contributed by atoms with Gasteiger partial charge in [-0.2, -0.15) is 5.10 Å². The molecule has 5 N–H and O–H groups in total. The van der Waals surface area contributed by atoms with E-state index >= 15 is 0 Å². The van der Waals surface area contributed by atoms with E-state index in [0.717, 1.165) is 41.1 Å². The molecule has 0 bridgehead atoms. The van der Waals surface area contributed by atoms with Gasteiger partial charge in [-0.25, -0.2) is 19.7 Å². The molecule has 2 fully saturated rings. The van der Waals surface area contributed by atoms with Gasteiger partial charge in [0.25, 0.3) is 0 Å². The van der Waals surface area contributed by atoms with Crippen LogP contribution in [-0.4, -0.2) is 45.2 Å². The minimum Gasteiger partial charge on any atom is -0.493 e. The molecule has 2 aliphatic rings. The highest BCUT2D eigenvalue weighted by Gasteiger charge is 2.30. The molecule has 3 aromatic rings. The highest BCUT2D eigenvalue weighted by Crippen LogP contribution is 2.35. The van der Waals surface area contributed by atoms with Crippen molar-refractivity contribution in [1.29, 1.82) is 0 Å². The van der Waals surface area contributed by atoms with E-state index in [4.69, 9.17) is 21.4 Å². The minimum atomic E-state index is -1.03. The highest BCUT2D eigenvalue weighted by molar-refractivity contribution is 5.87. The van der Waals surface area contributed by atoms with E-state index in [1.807, 2.05) is 48.5 Å². The zero-order chi connectivity index (χ0) is 28.0. The van der Waals surface area contributed by atoms with Crippen LogP contribution in [0.2, 0.25) is 0 Å². The number of aromatic nitrogens is 2. The number of ether oxygens (including phenoxy) is 1. The monoisotopic (exact) mass is 535 g/mol. The van der Waals surface area contributed by atoms with Crippen molar-refractivity contribution in [2.24, 2.45) is 23.4 Å². The van der Waals surface area contributed by atoms with Gasteiger partial charge < -0.3 is 20.6 Å². The average molecular weight is 536 g/mol. The van der Waals surface area contributed by atoms with Crippen molar-refractivity contribution in [3.63, 3.8) is 0 Å². The van der Waals surface area contributed by atoms with Crippen molar-refractivity contribution in [2.75, 3.05) is 13.7 Å². The Kier molecular flexibility index (Phi) is 8.91.